The van der Waals surface area contributed by atoms with Crippen LogP contribution >= 0.6 is 59.1 Å². The molecule has 19 heavy (non-hydrogen) atoms. The first-order valence-corrected chi connectivity index (χ1v) is 8.60. The van der Waals surface area contributed by atoms with Gasteiger partial charge in [0.15, 0.2) is 0 Å². The second-order valence-electron chi connectivity index (χ2n) is 4.03. The molecule has 0 aliphatic rings. The molecule has 1 N–H and O–H groups in total. The summed E-state index contributed by atoms with van der Waals surface area (Å²) in [6.45, 7) is 1.99. The Morgan fingerprint density at radius 1 is 1.16 bits per heavy atom. The van der Waals surface area contributed by atoms with E-state index in [0.29, 0.717) is 5.75 Å². The molecule has 0 radical (unpaired) electrons. The van der Waals surface area contributed by atoms with Crippen LogP contribution < -0.4 is 4.74 Å². The van der Waals surface area contributed by atoms with E-state index in [1.807, 2.05) is 25.1 Å². The summed E-state index contributed by atoms with van der Waals surface area (Å²) < 4.78 is 8.20. The molecule has 1 heterocycles. The van der Waals surface area contributed by atoms with Gasteiger partial charge in [0.1, 0.15) is 11.9 Å². The maximum absolute atomic E-state index is 10.6. The fourth-order valence-electron chi connectivity index (χ4n) is 1.77. The SMILES string of the molecule is COc1cc(C)c(Br)cc1C(O)c1cc(Br)sc1Br. The van der Waals surface area contributed by atoms with Crippen LogP contribution in [-0.4, -0.2) is 12.2 Å². The lowest BCUT2D eigenvalue weighted by Crippen LogP contribution is -2.02. The highest BCUT2D eigenvalue weighted by molar-refractivity contribution is 9.12. The van der Waals surface area contributed by atoms with E-state index in [9.17, 15) is 5.11 Å². The third kappa shape index (κ3) is 3.24. The van der Waals surface area contributed by atoms with Crippen molar-refractivity contribution in [2.45, 2.75) is 13.0 Å². The Labute approximate surface area is 141 Å². The number of aliphatic hydroxyl groups excluding tert-OH is 1. The minimum absolute atomic E-state index is 0.683. The van der Waals surface area contributed by atoms with Gasteiger partial charge < -0.3 is 9.84 Å². The number of aryl methyl sites for hydroxylation is 1. The van der Waals surface area contributed by atoms with Crippen molar-refractivity contribution in [2.24, 2.45) is 0 Å². The zero-order chi connectivity index (χ0) is 14.2. The summed E-state index contributed by atoms with van der Waals surface area (Å²) in [6.07, 6.45) is -0.733. The summed E-state index contributed by atoms with van der Waals surface area (Å²) in [5, 5.41) is 10.6. The van der Waals surface area contributed by atoms with E-state index in [-0.39, 0.29) is 0 Å². The van der Waals surface area contributed by atoms with E-state index in [4.69, 9.17) is 4.74 Å². The number of thiophene rings is 1. The highest BCUT2D eigenvalue weighted by Gasteiger charge is 2.21. The molecule has 0 aliphatic carbocycles. The molecule has 0 aliphatic heterocycles. The Kier molecular flexibility index (Phi) is 5.11. The van der Waals surface area contributed by atoms with Gasteiger partial charge in [0.05, 0.1) is 14.7 Å². The number of aliphatic hydroxyl groups is 1. The summed E-state index contributed by atoms with van der Waals surface area (Å²) in [5.74, 6) is 0.683. The zero-order valence-electron chi connectivity index (χ0n) is 10.2. The molecule has 6 heteroatoms. The number of methoxy groups -OCH3 is 1. The van der Waals surface area contributed by atoms with Gasteiger partial charge >= 0.3 is 0 Å². The topological polar surface area (TPSA) is 29.5 Å². The van der Waals surface area contributed by atoms with Crippen LogP contribution in [-0.2, 0) is 0 Å². The van der Waals surface area contributed by atoms with Gasteiger partial charge in [-0.15, -0.1) is 11.3 Å². The lowest BCUT2D eigenvalue weighted by atomic mass is 10.0. The van der Waals surface area contributed by atoms with Crippen LogP contribution in [0.2, 0.25) is 0 Å². The summed E-state index contributed by atoms with van der Waals surface area (Å²) in [5.41, 5.74) is 2.63. The quantitative estimate of drug-likeness (QED) is 0.647. The standard InChI is InChI=1S/C13H11Br3O2S/c1-6-3-10(18-2)7(4-9(6)14)12(17)8-5-11(15)19-13(8)16/h3-5,12,17H,1-2H3. The Bertz CT molecular complexity index is 610. The van der Waals surface area contributed by atoms with Crippen LogP contribution in [0.4, 0.5) is 0 Å². The van der Waals surface area contributed by atoms with Crippen molar-refractivity contribution in [2.75, 3.05) is 7.11 Å². The summed E-state index contributed by atoms with van der Waals surface area (Å²) in [7, 11) is 1.61. The molecule has 1 aromatic heterocycles. The second kappa shape index (κ2) is 6.26. The first kappa shape index (κ1) is 15.5. The first-order chi connectivity index (χ1) is 8.93. The van der Waals surface area contributed by atoms with Crippen molar-refractivity contribution in [3.8, 4) is 5.75 Å². The minimum atomic E-state index is -0.733. The predicted molar refractivity (Wildman–Crippen MR) is 89.2 cm³/mol. The summed E-state index contributed by atoms with van der Waals surface area (Å²) >= 11 is 11.9. The van der Waals surface area contributed by atoms with Gasteiger partial charge in [-0.25, -0.2) is 0 Å². The number of halogens is 3. The average Bonchev–Trinajstić information content (AvgIpc) is 2.70. The van der Waals surface area contributed by atoms with Gasteiger partial charge in [-0.1, -0.05) is 15.9 Å². The zero-order valence-corrected chi connectivity index (χ0v) is 15.8. The molecule has 0 saturated heterocycles. The Morgan fingerprint density at radius 3 is 2.37 bits per heavy atom. The summed E-state index contributed by atoms with van der Waals surface area (Å²) in [4.78, 5) is 0. The molecule has 0 saturated carbocycles. The normalized spacial score (nSPS) is 12.5. The van der Waals surface area contributed by atoms with Crippen LogP contribution in [0.15, 0.2) is 30.2 Å². The smallest absolute Gasteiger partial charge is 0.125 e. The lowest BCUT2D eigenvalue weighted by Gasteiger charge is -2.16. The molecule has 0 bridgehead atoms. The van der Waals surface area contributed by atoms with Gasteiger partial charge in [-0.05, 0) is 62.5 Å². The van der Waals surface area contributed by atoms with Crippen molar-refractivity contribution in [3.63, 3.8) is 0 Å². The van der Waals surface area contributed by atoms with Gasteiger partial charge in [0.25, 0.3) is 0 Å². The molecule has 0 fully saturated rings. The van der Waals surface area contributed by atoms with Crippen molar-refractivity contribution < 1.29 is 9.84 Å². The number of ether oxygens (including phenoxy) is 1. The third-order valence-corrected chi connectivity index (χ3v) is 6.02. The summed E-state index contributed by atoms with van der Waals surface area (Å²) in [6, 6.07) is 5.72. The fourth-order valence-corrected chi connectivity index (χ4v) is 5.01. The van der Waals surface area contributed by atoms with E-state index < -0.39 is 6.10 Å². The van der Waals surface area contributed by atoms with Crippen molar-refractivity contribution in [3.05, 3.63) is 46.9 Å². The molecule has 2 nitrogen and oxygen atoms in total. The second-order valence-corrected chi connectivity index (χ2v) is 8.63. The van der Waals surface area contributed by atoms with E-state index >= 15 is 0 Å². The van der Waals surface area contributed by atoms with Crippen molar-refractivity contribution >= 4 is 59.1 Å². The van der Waals surface area contributed by atoms with Gasteiger partial charge in [-0.3, -0.25) is 0 Å². The average molecular weight is 471 g/mol. The largest absolute Gasteiger partial charge is 0.496 e. The maximum atomic E-state index is 10.6. The molecular weight excluding hydrogens is 460 g/mol. The predicted octanol–water partition coefficient (Wildman–Crippen LogP) is 5.43. The van der Waals surface area contributed by atoms with E-state index in [2.05, 4.69) is 47.8 Å². The molecule has 102 valence electrons. The molecule has 2 aromatic rings. The Hall–Kier alpha value is 0.120. The van der Waals surface area contributed by atoms with Crippen LogP contribution in [0.25, 0.3) is 0 Å². The highest BCUT2D eigenvalue weighted by atomic mass is 79.9. The van der Waals surface area contributed by atoms with Crippen molar-refractivity contribution in [1.29, 1.82) is 0 Å². The molecule has 0 amide bonds. The number of rotatable bonds is 3. The first-order valence-electron chi connectivity index (χ1n) is 5.41. The number of hydrogen-bond acceptors (Lipinski definition) is 3. The molecule has 1 aromatic carbocycles. The van der Waals surface area contributed by atoms with E-state index in [0.717, 1.165) is 28.7 Å². The Balaban J connectivity index is 2.52. The fraction of sp³-hybridized carbons (Fsp3) is 0.231. The Morgan fingerprint density at radius 2 is 1.84 bits per heavy atom. The van der Waals surface area contributed by atoms with Crippen LogP contribution in [0, 0.1) is 6.92 Å². The van der Waals surface area contributed by atoms with Gasteiger partial charge in [0, 0.05) is 15.6 Å². The lowest BCUT2D eigenvalue weighted by molar-refractivity contribution is 0.214. The van der Waals surface area contributed by atoms with Gasteiger partial charge in [-0.2, -0.15) is 0 Å². The molecular formula is C13H11Br3O2S. The molecule has 1 atom stereocenters. The third-order valence-electron chi connectivity index (χ3n) is 2.78. The van der Waals surface area contributed by atoms with Crippen LogP contribution in [0.1, 0.15) is 22.8 Å². The number of hydrogen-bond donors (Lipinski definition) is 1. The van der Waals surface area contributed by atoms with Crippen molar-refractivity contribution in [1.82, 2.24) is 0 Å². The highest BCUT2D eigenvalue weighted by Crippen LogP contribution is 2.41. The van der Waals surface area contributed by atoms with E-state index in [1.54, 1.807) is 7.11 Å². The minimum Gasteiger partial charge on any atom is -0.496 e. The monoisotopic (exact) mass is 468 g/mol. The molecule has 0 spiro atoms. The molecule has 1 unspecified atom stereocenters. The van der Waals surface area contributed by atoms with Crippen LogP contribution in [0.5, 0.6) is 5.75 Å². The van der Waals surface area contributed by atoms with Gasteiger partial charge in [0.2, 0.25) is 0 Å². The van der Waals surface area contributed by atoms with Crippen LogP contribution in [0.3, 0.4) is 0 Å². The molecule has 2 rings (SSSR count). The van der Waals surface area contributed by atoms with E-state index in [1.165, 1.54) is 11.3 Å². The number of benzene rings is 1. The maximum Gasteiger partial charge on any atom is 0.125 e.